The van der Waals surface area contributed by atoms with Gasteiger partial charge in [-0.05, 0) is 24.3 Å². The Balaban J connectivity index is 1.61. The quantitative estimate of drug-likeness (QED) is 0.465. The molecule has 0 aliphatic carbocycles. The van der Waals surface area contributed by atoms with Crippen LogP contribution in [0.15, 0.2) is 82.4 Å². The van der Waals surface area contributed by atoms with Crippen LogP contribution in [-0.2, 0) is 0 Å². The maximum Gasteiger partial charge on any atom is 0.213 e. The Hall–Kier alpha value is -2.30. The first kappa shape index (κ1) is 16.8. The van der Waals surface area contributed by atoms with Crippen molar-refractivity contribution in [1.82, 2.24) is 5.01 Å². The highest BCUT2D eigenvalue weighted by Crippen LogP contribution is 2.47. The molecule has 0 N–H and O–H groups in total. The molecule has 0 radical (unpaired) electrons. The summed E-state index contributed by atoms with van der Waals surface area (Å²) in [4.78, 5) is 0. The fourth-order valence-electron chi connectivity index (χ4n) is 3.74. The van der Waals surface area contributed by atoms with Crippen LogP contribution in [0.25, 0.3) is 0 Å². The van der Waals surface area contributed by atoms with E-state index in [1.807, 2.05) is 54.6 Å². The lowest BCUT2D eigenvalue weighted by atomic mass is 9.96. The molecule has 0 aromatic heterocycles. The Kier molecular flexibility index (Phi) is 4.18. The van der Waals surface area contributed by atoms with Gasteiger partial charge in [-0.1, -0.05) is 76.1 Å². The van der Waals surface area contributed by atoms with Gasteiger partial charge in [0, 0.05) is 32.6 Å². The summed E-state index contributed by atoms with van der Waals surface area (Å²) in [5.74, 6) is 0.919. The molecular weight excluding hydrogens is 424 g/mol. The number of rotatable bonds is 2. The zero-order valence-electron chi connectivity index (χ0n) is 14.3. The first-order valence-corrected chi connectivity index (χ1v) is 9.99. The molecule has 5 rings (SSSR count). The van der Waals surface area contributed by atoms with Gasteiger partial charge in [0.2, 0.25) is 6.23 Å². The number of ether oxygens (including phenoxy) is 1. The largest absolute Gasteiger partial charge is 0.464 e. The van der Waals surface area contributed by atoms with Crippen molar-refractivity contribution in [2.45, 2.75) is 18.7 Å². The summed E-state index contributed by atoms with van der Waals surface area (Å²) in [5.41, 5.74) is 4.21. The molecule has 2 aliphatic rings. The van der Waals surface area contributed by atoms with Gasteiger partial charge in [-0.3, -0.25) is 0 Å². The second kappa shape index (κ2) is 6.70. The average molecular weight is 440 g/mol. The number of hydrogen-bond acceptors (Lipinski definition) is 3. The normalized spacial score (nSPS) is 20.5. The lowest BCUT2D eigenvalue weighted by molar-refractivity contribution is -0.0190. The standard InChI is InChI=1S/C22H16BrClN2O/c23-15-11-9-14(10-12-15)22-26-20(17-6-2-4-8-21(17)27-22)13-19(25-26)16-5-1-3-7-18(16)24/h1-12,20,22H,13H2/t20-,22+/m0/s1. The molecule has 2 atom stereocenters. The van der Waals surface area contributed by atoms with Gasteiger partial charge in [0.25, 0.3) is 0 Å². The summed E-state index contributed by atoms with van der Waals surface area (Å²) in [5, 5.41) is 7.75. The molecular formula is C22H16BrClN2O. The van der Waals surface area contributed by atoms with Crippen molar-refractivity contribution in [2.24, 2.45) is 5.10 Å². The van der Waals surface area contributed by atoms with Gasteiger partial charge in [0.15, 0.2) is 0 Å². The Bertz CT molecular complexity index is 1030. The van der Waals surface area contributed by atoms with Crippen LogP contribution in [0.2, 0.25) is 5.02 Å². The number of hydrazone groups is 1. The highest BCUT2D eigenvalue weighted by Gasteiger charge is 2.41. The van der Waals surface area contributed by atoms with E-state index >= 15 is 0 Å². The van der Waals surface area contributed by atoms with E-state index in [2.05, 4.69) is 39.1 Å². The first-order chi connectivity index (χ1) is 13.2. The summed E-state index contributed by atoms with van der Waals surface area (Å²) in [6.45, 7) is 0. The molecule has 3 nitrogen and oxygen atoms in total. The predicted octanol–water partition coefficient (Wildman–Crippen LogP) is 6.34. The van der Waals surface area contributed by atoms with Crippen LogP contribution in [0, 0.1) is 0 Å². The van der Waals surface area contributed by atoms with Crippen molar-refractivity contribution in [1.29, 1.82) is 0 Å². The number of nitrogens with zero attached hydrogens (tertiary/aromatic N) is 2. The Morgan fingerprint density at radius 2 is 1.70 bits per heavy atom. The molecule has 134 valence electrons. The fourth-order valence-corrected chi connectivity index (χ4v) is 4.25. The zero-order chi connectivity index (χ0) is 18.4. The van der Waals surface area contributed by atoms with Crippen LogP contribution in [0.5, 0.6) is 5.75 Å². The fraction of sp³-hybridized carbons (Fsp3) is 0.136. The number of halogens is 2. The van der Waals surface area contributed by atoms with Gasteiger partial charge in [-0.15, -0.1) is 0 Å². The number of para-hydroxylation sites is 1. The lowest BCUT2D eigenvalue weighted by Crippen LogP contribution is -2.33. The maximum absolute atomic E-state index is 6.44. The lowest BCUT2D eigenvalue weighted by Gasteiger charge is -2.38. The van der Waals surface area contributed by atoms with Gasteiger partial charge in [-0.2, -0.15) is 5.10 Å². The van der Waals surface area contributed by atoms with Gasteiger partial charge >= 0.3 is 0 Å². The smallest absolute Gasteiger partial charge is 0.213 e. The minimum Gasteiger partial charge on any atom is -0.464 e. The van der Waals surface area contributed by atoms with E-state index in [1.165, 1.54) is 0 Å². The van der Waals surface area contributed by atoms with Crippen LogP contribution < -0.4 is 4.74 Å². The molecule has 0 saturated heterocycles. The maximum atomic E-state index is 6.44. The van der Waals surface area contributed by atoms with Crippen molar-refractivity contribution in [3.63, 3.8) is 0 Å². The third kappa shape index (κ3) is 2.93. The van der Waals surface area contributed by atoms with Gasteiger partial charge in [-0.25, -0.2) is 5.01 Å². The van der Waals surface area contributed by atoms with E-state index in [-0.39, 0.29) is 12.3 Å². The van der Waals surface area contributed by atoms with Crippen molar-refractivity contribution in [3.05, 3.63) is 99.0 Å². The number of fused-ring (bicyclic) bond motifs is 3. The van der Waals surface area contributed by atoms with Gasteiger partial charge in [0.05, 0.1) is 11.8 Å². The minimum absolute atomic E-state index is 0.134. The van der Waals surface area contributed by atoms with E-state index in [0.29, 0.717) is 0 Å². The molecule has 0 amide bonds. The molecule has 0 fully saturated rings. The third-order valence-electron chi connectivity index (χ3n) is 5.04. The van der Waals surface area contributed by atoms with Crippen LogP contribution in [-0.4, -0.2) is 10.7 Å². The zero-order valence-corrected chi connectivity index (χ0v) is 16.7. The number of benzene rings is 3. The summed E-state index contributed by atoms with van der Waals surface area (Å²) in [6.07, 6.45) is 0.537. The predicted molar refractivity (Wildman–Crippen MR) is 111 cm³/mol. The van der Waals surface area contributed by atoms with Crippen molar-refractivity contribution in [2.75, 3.05) is 0 Å². The first-order valence-electron chi connectivity index (χ1n) is 8.82. The van der Waals surface area contributed by atoms with E-state index < -0.39 is 0 Å². The monoisotopic (exact) mass is 438 g/mol. The second-order valence-electron chi connectivity index (χ2n) is 6.69. The molecule has 3 aromatic rings. The molecule has 5 heteroatoms. The summed E-state index contributed by atoms with van der Waals surface area (Å²) in [7, 11) is 0. The summed E-state index contributed by atoms with van der Waals surface area (Å²) in [6, 6.07) is 24.4. The second-order valence-corrected chi connectivity index (χ2v) is 8.01. The Morgan fingerprint density at radius 3 is 2.52 bits per heavy atom. The molecule has 2 heterocycles. The highest BCUT2D eigenvalue weighted by molar-refractivity contribution is 9.10. The molecule has 0 spiro atoms. The van der Waals surface area contributed by atoms with Crippen molar-refractivity contribution < 1.29 is 4.74 Å². The van der Waals surface area contributed by atoms with Crippen LogP contribution in [0.1, 0.15) is 35.4 Å². The molecule has 0 bridgehead atoms. The van der Waals surface area contributed by atoms with Gasteiger partial charge in [0.1, 0.15) is 5.75 Å². The Morgan fingerprint density at radius 1 is 0.963 bits per heavy atom. The highest BCUT2D eigenvalue weighted by atomic mass is 79.9. The average Bonchev–Trinajstić information content (AvgIpc) is 3.14. The van der Waals surface area contributed by atoms with Crippen LogP contribution in [0.3, 0.4) is 0 Å². The SMILES string of the molecule is Clc1ccccc1C1=NN2[C@@H](c3ccc(Br)cc3)Oc3ccccc3[C@@H]2C1. The summed E-state index contributed by atoms with van der Waals surface area (Å²) >= 11 is 9.94. The van der Waals surface area contributed by atoms with E-state index in [0.717, 1.165) is 44.1 Å². The molecule has 0 saturated carbocycles. The Labute approximate surface area is 171 Å². The molecule has 3 aromatic carbocycles. The topological polar surface area (TPSA) is 24.8 Å². The van der Waals surface area contributed by atoms with Crippen LogP contribution in [0.4, 0.5) is 0 Å². The van der Waals surface area contributed by atoms with Gasteiger partial charge < -0.3 is 4.74 Å². The van der Waals surface area contributed by atoms with E-state index in [1.54, 1.807) is 0 Å². The van der Waals surface area contributed by atoms with E-state index in [4.69, 9.17) is 21.4 Å². The van der Waals surface area contributed by atoms with Crippen LogP contribution >= 0.6 is 27.5 Å². The molecule has 2 aliphatic heterocycles. The number of hydrogen-bond donors (Lipinski definition) is 0. The van der Waals surface area contributed by atoms with Crippen molar-refractivity contribution >= 4 is 33.2 Å². The van der Waals surface area contributed by atoms with E-state index in [9.17, 15) is 0 Å². The summed E-state index contributed by atoms with van der Waals surface area (Å²) < 4.78 is 7.40. The van der Waals surface area contributed by atoms with Crippen molar-refractivity contribution in [3.8, 4) is 5.75 Å². The molecule has 27 heavy (non-hydrogen) atoms. The minimum atomic E-state index is -0.266. The third-order valence-corrected chi connectivity index (χ3v) is 5.90. The molecule has 0 unspecified atom stereocenters.